The summed E-state index contributed by atoms with van der Waals surface area (Å²) in [6.45, 7) is 20.3. The highest BCUT2D eigenvalue weighted by Gasteiger charge is 1.68. The van der Waals surface area contributed by atoms with Crippen molar-refractivity contribution in [2.45, 2.75) is 82.1 Å². The zero-order valence-corrected chi connectivity index (χ0v) is 13.5. The molecule has 104 valence electrons. The first-order valence-corrected chi connectivity index (χ1v) is 6.55. The van der Waals surface area contributed by atoms with Gasteiger partial charge in [-0.25, -0.2) is 0 Å². The van der Waals surface area contributed by atoms with Crippen LogP contribution in [0.15, 0.2) is 0 Å². The van der Waals surface area contributed by atoms with E-state index in [1.165, 1.54) is 19.8 Å². The number of hydrogen-bond acceptors (Lipinski definition) is 1. The molecule has 2 heteroatoms. The standard InChI is InChI=1S/C4H10.2C3H8.C2H5NO.C2H6/c1-4(2)3;2*1-3-2;1-2(3)4;1-2/h4H,1-3H3;2*3H2,1-2H3;1H3,(H2,3,4);1-2H3. The molecule has 0 aliphatic heterocycles. The lowest BCUT2D eigenvalue weighted by atomic mass is 10.3. The third kappa shape index (κ3) is 7460. The Kier molecular flexibility index (Phi) is 86.9. The van der Waals surface area contributed by atoms with Gasteiger partial charge in [0.15, 0.2) is 0 Å². The summed E-state index contributed by atoms with van der Waals surface area (Å²) in [7, 11) is 0. The van der Waals surface area contributed by atoms with E-state index in [1.54, 1.807) is 0 Å². The minimum absolute atomic E-state index is 0.333. The molecule has 0 aromatic carbocycles. The van der Waals surface area contributed by atoms with Crippen molar-refractivity contribution in [1.82, 2.24) is 0 Å². The van der Waals surface area contributed by atoms with Crippen LogP contribution in [0.25, 0.3) is 0 Å². The summed E-state index contributed by atoms with van der Waals surface area (Å²) in [6, 6.07) is 0. The van der Waals surface area contributed by atoms with Gasteiger partial charge in [0, 0.05) is 6.92 Å². The third-order valence-electron chi connectivity index (χ3n) is 0. The van der Waals surface area contributed by atoms with Crippen molar-refractivity contribution >= 4 is 5.91 Å². The first-order valence-electron chi connectivity index (χ1n) is 6.55. The maximum Gasteiger partial charge on any atom is 0.214 e. The Labute approximate surface area is 105 Å². The molecule has 0 radical (unpaired) electrons. The van der Waals surface area contributed by atoms with Crippen molar-refractivity contribution in [2.24, 2.45) is 11.7 Å². The first-order chi connectivity index (χ1) is 7.29. The van der Waals surface area contributed by atoms with E-state index in [0.29, 0.717) is 0 Å². The summed E-state index contributed by atoms with van der Waals surface area (Å²) in [5.74, 6) is 0.500. The van der Waals surface area contributed by atoms with Gasteiger partial charge in [-0.05, 0) is 5.92 Å². The normalized spacial score (nSPS) is 6.44. The Morgan fingerprint density at radius 1 is 0.938 bits per heavy atom. The maximum atomic E-state index is 9.22. The first kappa shape index (κ1) is 29.5. The predicted molar refractivity (Wildman–Crippen MR) is 78.7 cm³/mol. The topological polar surface area (TPSA) is 43.1 Å². The highest BCUT2D eigenvalue weighted by Crippen LogP contribution is 1.81. The Morgan fingerprint density at radius 3 is 0.938 bits per heavy atom. The molecule has 0 rings (SSSR count). The van der Waals surface area contributed by atoms with Gasteiger partial charge in [0.05, 0.1) is 0 Å². The fraction of sp³-hybridized carbons (Fsp3) is 0.929. The van der Waals surface area contributed by atoms with Crippen molar-refractivity contribution in [3.05, 3.63) is 0 Å². The zero-order valence-electron chi connectivity index (χ0n) is 13.5. The number of rotatable bonds is 0. The smallest absolute Gasteiger partial charge is 0.214 e. The lowest BCUT2D eigenvalue weighted by Gasteiger charge is -1.79. The van der Waals surface area contributed by atoms with Crippen molar-refractivity contribution in [3.63, 3.8) is 0 Å². The fourth-order valence-corrected chi connectivity index (χ4v) is 0. The van der Waals surface area contributed by atoms with Crippen LogP contribution in [0.1, 0.15) is 82.1 Å². The van der Waals surface area contributed by atoms with Crippen LogP contribution in [-0.4, -0.2) is 5.91 Å². The van der Waals surface area contributed by atoms with E-state index in [2.05, 4.69) is 54.2 Å². The fourth-order valence-electron chi connectivity index (χ4n) is 0. The molecule has 0 aliphatic rings. The minimum atomic E-state index is -0.333. The number of amides is 1. The predicted octanol–water partition coefficient (Wildman–Crippen LogP) is 5.01. The second kappa shape index (κ2) is 47.1. The van der Waals surface area contributed by atoms with E-state index in [0.717, 1.165) is 5.92 Å². The number of carbonyl (C=O) groups is 1. The molecule has 0 bridgehead atoms. The summed E-state index contributed by atoms with van der Waals surface area (Å²) < 4.78 is 0. The molecule has 0 saturated heterocycles. The molecule has 0 unspecified atom stereocenters. The molecule has 2 nitrogen and oxygen atoms in total. The van der Waals surface area contributed by atoms with Gasteiger partial charge in [-0.15, -0.1) is 0 Å². The van der Waals surface area contributed by atoms with E-state index >= 15 is 0 Å². The summed E-state index contributed by atoms with van der Waals surface area (Å²) in [4.78, 5) is 9.22. The van der Waals surface area contributed by atoms with Crippen LogP contribution >= 0.6 is 0 Å². The molecule has 0 aromatic rings. The van der Waals surface area contributed by atoms with Gasteiger partial charge >= 0.3 is 0 Å². The second-order valence-corrected chi connectivity index (χ2v) is 3.76. The molecule has 0 heterocycles. The van der Waals surface area contributed by atoms with Gasteiger partial charge < -0.3 is 5.73 Å². The van der Waals surface area contributed by atoms with Crippen molar-refractivity contribution in [2.75, 3.05) is 0 Å². The lowest BCUT2D eigenvalue weighted by Crippen LogP contribution is -2.01. The molecule has 0 aliphatic carbocycles. The summed E-state index contributed by atoms with van der Waals surface area (Å²) in [6.07, 6.45) is 2.50. The Bertz CT molecular complexity index is 72.0. The second-order valence-electron chi connectivity index (χ2n) is 3.76. The quantitative estimate of drug-likeness (QED) is 0.630. The van der Waals surface area contributed by atoms with Crippen molar-refractivity contribution in [1.29, 1.82) is 0 Å². The number of primary amides is 1. The maximum absolute atomic E-state index is 9.22. The molecule has 0 aromatic heterocycles. The monoisotopic (exact) mass is 235 g/mol. The van der Waals surface area contributed by atoms with E-state index in [1.807, 2.05) is 13.8 Å². The molecular weight excluding hydrogens is 198 g/mol. The van der Waals surface area contributed by atoms with Crippen LogP contribution in [0, 0.1) is 5.92 Å². The molecule has 1 amide bonds. The Balaban J connectivity index is -0.0000000322. The van der Waals surface area contributed by atoms with Crippen LogP contribution in [0.2, 0.25) is 0 Å². The van der Waals surface area contributed by atoms with E-state index in [9.17, 15) is 4.79 Å². The molecule has 0 saturated carbocycles. The average molecular weight is 235 g/mol. The summed E-state index contributed by atoms with van der Waals surface area (Å²) in [5, 5.41) is 0. The van der Waals surface area contributed by atoms with Gasteiger partial charge in [0.1, 0.15) is 0 Å². The van der Waals surface area contributed by atoms with Gasteiger partial charge in [0.2, 0.25) is 5.91 Å². The van der Waals surface area contributed by atoms with Gasteiger partial charge in [-0.3, -0.25) is 4.79 Å². The van der Waals surface area contributed by atoms with Crippen LogP contribution in [-0.2, 0) is 4.79 Å². The van der Waals surface area contributed by atoms with E-state index in [4.69, 9.17) is 0 Å². The molecule has 16 heavy (non-hydrogen) atoms. The molecule has 0 fully saturated rings. The van der Waals surface area contributed by atoms with Gasteiger partial charge in [0.25, 0.3) is 0 Å². The largest absolute Gasteiger partial charge is 0.370 e. The number of nitrogens with two attached hydrogens (primary N) is 1. The highest BCUT2D eigenvalue weighted by molar-refractivity contribution is 5.70. The van der Waals surface area contributed by atoms with Crippen molar-refractivity contribution < 1.29 is 4.79 Å². The Morgan fingerprint density at radius 2 is 0.938 bits per heavy atom. The van der Waals surface area contributed by atoms with Crippen LogP contribution in [0.3, 0.4) is 0 Å². The van der Waals surface area contributed by atoms with Crippen LogP contribution < -0.4 is 5.73 Å². The van der Waals surface area contributed by atoms with Crippen LogP contribution in [0.5, 0.6) is 0 Å². The highest BCUT2D eigenvalue weighted by atomic mass is 16.1. The lowest BCUT2D eigenvalue weighted by molar-refractivity contribution is -0.115. The molecule has 0 atom stereocenters. The summed E-state index contributed by atoms with van der Waals surface area (Å²) in [5.41, 5.74) is 4.47. The van der Waals surface area contributed by atoms with Gasteiger partial charge in [-0.2, -0.15) is 0 Å². The number of hydrogen-bond donors (Lipinski definition) is 1. The average Bonchev–Trinajstić information content (AvgIpc) is 2.07. The minimum Gasteiger partial charge on any atom is -0.370 e. The molecular formula is C14H37NO. The van der Waals surface area contributed by atoms with Gasteiger partial charge in [-0.1, -0.05) is 75.2 Å². The summed E-state index contributed by atoms with van der Waals surface area (Å²) >= 11 is 0. The molecule has 0 spiro atoms. The van der Waals surface area contributed by atoms with E-state index < -0.39 is 0 Å². The van der Waals surface area contributed by atoms with E-state index in [-0.39, 0.29) is 5.91 Å². The zero-order chi connectivity index (χ0) is 14.6. The van der Waals surface area contributed by atoms with Crippen LogP contribution in [0.4, 0.5) is 0 Å². The Hall–Kier alpha value is -0.530. The molecule has 2 N–H and O–H groups in total. The van der Waals surface area contributed by atoms with Crippen molar-refractivity contribution in [3.8, 4) is 0 Å². The number of carbonyl (C=O) groups excluding carboxylic acids is 1. The third-order valence-corrected chi connectivity index (χ3v) is 0. The SMILES string of the molecule is CC.CC(C)C.CC(N)=O.CCC.CCC.